The van der Waals surface area contributed by atoms with E-state index in [0.29, 0.717) is 0 Å². The predicted molar refractivity (Wildman–Crippen MR) is 69.7 cm³/mol. The topological polar surface area (TPSA) is 49.9 Å². The molecule has 1 aromatic carbocycles. The molecule has 1 aliphatic heterocycles. The van der Waals surface area contributed by atoms with Crippen molar-refractivity contribution in [2.45, 2.75) is 19.4 Å². The van der Waals surface area contributed by atoms with Gasteiger partial charge in [-0.25, -0.2) is 4.98 Å². The summed E-state index contributed by atoms with van der Waals surface area (Å²) < 4.78 is 5.54. The minimum Gasteiger partial charge on any atom is -0.493 e. The van der Waals surface area contributed by atoms with Gasteiger partial charge in [0.25, 0.3) is 0 Å². The summed E-state index contributed by atoms with van der Waals surface area (Å²) in [5.41, 5.74) is 2.53. The summed E-state index contributed by atoms with van der Waals surface area (Å²) >= 11 is 0. The molecule has 0 saturated heterocycles. The van der Waals surface area contributed by atoms with Crippen LogP contribution in [0.25, 0.3) is 0 Å². The fourth-order valence-corrected chi connectivity index (χ4v) is 2.40. The zero-order valence-electron chi connectivity index (χ0n) is 10.4. The lowest BCUT2D eigenvalue weighted by Gasteiger charge is -2.16. The first-order valence-electron chi connectivity index (χ1n) is 6.36. The van der Waals surface area contributed by atoms with E-state index in [0.717, 1.165) is 31.1 Å². The standard InChI is InChI=1S/C14H17N3O/c1-2-15-13(14-16-6-7-17-14)11-3-4-12-10(9-11)5-8-18-12/h3-4,6-7,9,13,15H,2,5,8H2,1H3,(H,16,17). The van der Waals surface area contributed by atoms with E-state index in [-0.39, 0.29) is 6.04 Å². The normalized spacial score (nSPS) is 15.2. The molecule has 2 heterocycles. The average Bonchev–Trinajstić information content (AvgIpc) is 3.05. The van der Waals surface area contributed by atoms with E-state index in [4.69, 9.17) is 4.74 Å². The summed E-state index contributed by atoms with van der Waals surface area (Å²) in [4.78, 5) is 7.54. The van der Waals surface area contributed by atoms with Crippen LogP contribution in [0.2, 0.25) is 0 Å². The van der Waals surface area contributed by atoms with E-state index >= 15 is 0 Å². The second-order valence-corrected chi connectivity index (χ2v) is 4.43. The number of hydrogen-bond donors (Lipinski definition) is 2. The molecular formula is C14H17N3O. The first-order chi connectivity index (χ1) is 8.88. The average molecular weight is 243 g/mol. The Morgan fingerprint density at radius 2 is 2.44 bits per heavy atom. The highest BCUT2D eigenvalue weighted by Gasteiger charge is 2.19. The Hall–Kier alpha value is -1.81. The Kier molecular flexibility index (Phi) is 3.02. The Morgan fingerprint density at radius 3 is 3.22 bits per heavy atom. The first-order valence-corrected chi connectivity index (χ1v) is 6.36. The van der Waals surface area contributed by atoms with Gasteiger partial charge in [-0.15, -0.1) is 0 Å². The van der Waals surface area contributed by atoms with Crippen molar-refractivity contribution < 1.29 is 4.74 Å². The monoisotopic (exact) mass is 243 g/mol. The molecule has 2 aromatic rings. The van der Waals surface area contributed by atoms with Gasteiger partial charge in [0.1, 0.15) is 11.6 Å². The number of aromatic nitrogens is 2. The van der Waals surface area contributed by atoms with Crippen molar-refractivity contribution >= 4 is 0 Å². The van der Waals surface area contributed by atoms with Gasteiger partial charge in [-0.05, 0) is 29.8 Å². The number of nitrogens with one attached hydrogen (secondary N) is 2. The van der Waals surface area contributed by atoms with Gasteiger partial charge in [0, 0.05) is 18.8 Å². The van der Waals surface area contributed by atoms with Crippen LogP contribution in [0.3, 0.4) is 0 Å². The van der Waals surface area contributed by atoms with Crippen molar-refractivity contribution in [2.75, 3.05) is 13.2 Å². The zero-order chi connectivity index (χ0) is 12.4. The van der Waals surface area contributed by atoms with E-state index in [1.807, 2.05) is 6.20 Å². The molecule has 0 amide bonds. The van der Waals surface area contributed by atoms with Crippen molar-refractivity contribution in [2.24, 2.45) is 0 Å². The maximum Gasteiger partial charge on any atom is 0.127 e. The molecule has 18 heavy (non-hydrogen) atoms. The van der Waals surface area contributed by atoms with Crippen LogP contribution >= 0.6 is 0 Å². The Labute approximate surface area is 106 Å². The van der Waals surface area contributed by atoms with E-state index in [9.17, 15) is 0 Å². The summed E-state index contributed by atoms with van der Waals surface area (Å²) in [6, 6.07) is 6.51. The van der Waals surface area contributed by atoms with Gasteiger partial charge >= 0.3 is 0 Å². The number of ether oxygens (including phenoxy) is 1. The number of nitrogens with zero attached hydrogens (tertiary/aromatic N) is 1. The molecule has 4 heteroatoms. The minimum atomic E-state index is 0.121. The molecule has 1 atom stereocenters. The number of benzene rings is 1. The van der Waals surface area contributed by atoms with Crippen LogP contribution in [0.5, 0.6) is 5.75 Å². The largest absolute Gasteiger partial charge is 0.493 e. The molecule has 0 saturated carbocycles. The van der Waals surface area contributed by atoms with E-state index in [1.165, 1.54) is 11.1 Å². The maximum atomic E-state index is 5.54. The van der Waals surface area contributed by atoms with Crippen molar-refractivity contribution in [1.82, 2.24) is 15.3 Å². The Bertz CT molecular complexity index is 522. The van der Waals surface area contributed by atoms with Crippen LogP contribution in [-0.4, -0.2) is 23.1 Å². The fraction of sp³-hybridized carbons (Fsp3) is 0.357. The molecule has 0 aliphatic carbocycles. The molecule has 4 nitrogen and oxygen atoms in total. The highest BCUT2D eigenvalue weighted by molar-refractivity contribution is 5.42. The molecule has 0 fully saturated rings. The summed E-state index contributed by atoms with van der Waals surface area (Å²) in [6.07, 6.45) is 4.65. The second-order valence-electron chi connectivity index (χ2n) is 4.43. The third-order valence-corrected chi connectivity index (χ3v) is 3.25. The number of aromatic amines is 1. The van der Waals surface area contributed by atoms with Crippen molar-refractivity contribution in [3.05, 3.63) is 47.5 Å². The van der Waals surface area contributed by atoms with Crippen LogP contribution in [0.15, 0.2) is 30.6 Å². The SMILES string of the molecule is CCNC(c1ccc2c(c1)CCO2)c1ncc[nH]1. The smallest absolute Gasteiger partial charge is 0.127 e. The number of hydrogen-bond acceptors (Lipinski definition) is 3. The van der Waals surface area contributed by atoms with Gasteiger partial charge in [0.15, 0.2) is 0 Å². The molecule has 2 N–H and O–H groups in total. The van der Waals surface area contributed by atoms with Gasteiger partial charge < -0.3 is 15.0 Å². The van der Waals surface area contributed by atoms with Gasteiger partial charge in [-0.2, -0.15) is 0 Å². The Balaban J connectivity index is 1.95. The van der Waals surface area contributed by atoms with Crippen LogP contribution in [0, 0.1) is 0 Å². The van der Waals surface area contributed by atoms with Crippen LogP contribution in [-0.2, 0) is 6.42 Å². The zero-order valence-corrected chi connectivity index (χ0v) is 10.4. The van der Waals surface area contributed by atoms with Crippen LogP contribution < -0.4 is 10.1 Å². The number of fused-ring (bicyclic) bond motifs is 1. The lowest BCUT2D eigenvalue weighted by atomic mass is 10.0. The molecule has 0 radical (unpaired) electrons. The van der Waals surface area contributed by atoms with Gasteiger partial charge in [0.2, 0.25) is 0 Å². The summed E-state index contributed by atoms with van der Waals surface area (Å²) in [5, 5.41) is 3.46. The molecule has 3 rings (SSSR count). The van der Waals surface area contributed by atoms with Crippen molar-refractivity contribution in [1.29, 1.82) is 0 Å². The molecule has 0 bridgehead atoms. The molecule has 1 aliphatic rings. The second kappa shape index (κ2) is 4.82. The Morgan fingerprint density at radius 1 is 1.50 bits per heavy atom. The van der Waals surface area contributed by atoms with Gasteiger partial charge in [0.05, 0.1) is 12.6 Å². The van der Waals surface area contributed by atoms with Crippen molar-refractivity contribution in [3.63, 3.8) is 0 Å². The van der Waals surface area contributed by atoms with E-state index in [1.54, 1.807) is 6.20 Å². The molecule has 0 spiro atoms. The third kappa shape index (κ3) is 1.99. The highest BCUT2D eigenvalue weighted by Crippen LogP contribution is 2.29. The van der Waals surface area contributed by atoms with E-state index in [2.05, 4.69) is 40.4 Å². The number of H-pyrrole nitrogens is 1. The van der Waals surface area contributed by atoms with E-state index < -0.39 is 0 Å². The predicted octanol–water partition coefficient (Wildman–Crippen LogP) is 2.04. The maximum absolute atomic E-state index is 5.54. The molecular weight excluding hydrogens is 226 g/mol. The lowest BCUT2D eigenvalue weighted by Crippen LogP contribution is -2.23. The van der Waals surface area contributed by atoms with Gasteiger partial charge in [-0.3, -0.25) is 0 Å². The van der Waals surface area contributed by atoms with Crippen LogP contribution in [0.4, 0.5) is 0 Å². The van der Waals surface area contributed by atoms with Gasteiger partial charge in [-0.1, -0.05) is 13.0 Å². The lowest BCUT2D eigenvalue weighted by molar-refractivity contribution is 0.357. The number of rotatable bonds is 4. The van der Waals surface area contributed by atoms with Crippen LogP contribution in [0.1, 0.15) is 29.9 Å². The van der Waals surface area contributed by atoms with Crippen molar-refractivity contribution in [3.8, 4) is 5.75 Å². The first kappa shape index (κ1) is 11.3. The molecule has 1 unspecified atom stereocenters. The summed E-state index contributed by atoms with van der Waals surface area (Å²) in [5.74, 6) is 1.98. The quantitative estimate of drug-likeness (QED) is 0.864. The third-order valence-electron chi connectivity index (χ3n) is 3.25. The summed E-state index contributed by atoms with van der Waals surface area (Å²) in [6.45, 7) is 3.80. The molecule has 1 aromatic heterocycles. The summed E-state index contributed by atoms with van der Waals surface area (Å²) in [7, 11) is 0. The fourth-order valence-electron chi connectivity index (χ4n) is 2.40. The minimum absolute atomic E-state index is 0.121. The molecule has 94 valence electrons. The number of imidazole rings is 1. The highest BCUT2D eigenvalue weighted by atomic mass is 16.5.